The van der Waals surface area contributed by atoms with Gasteiger partial charge in [-0.05, 0) is 56.2 Å². The summed E-state index contributed by atoms with van der Waals surface area (Å²) in [5, 5.41) is 4.11. The Morgan fingerprint density at radius 2 is 2.00 bits per heavy atom. The lowest BCUT2D eigenvalue weighted by molar-refractivity contribution is 0.0706. The molecule has 1 aliphatic heterocycles. The molecule has 7 heteroatoms. The number of benzene rings is 2. The third kappa shape index (κ3) is 3.81. The zero-order valence-electron chi connectivity index (χ0n) is 16.5. The van der Waals surface area contributed by atoms with Crippen molar-refractivity contribution in [3.8, 4) is 22.9 Å². The Morgan fingerprint density at radius 1 is 1.21 bits per heavy atom. The lowest BCUT2D eigenvalue weighted by Crippen LogP contribution is -2.31. The number of carbonyl (C=O) groups is 1. The third-order valence-electron chi connectivity index (χ3n) is 5.01. The quantitative estimate of drug-likeness (QED) is 0.627. The van der Waals surface area contributed by atoms with Gasteiger partial charge in [0.2, 0.25) is 11.7 Å². The van der Waals surface area contributed by atoms with Crippen LogP contribution in [0.3, 0.4) is 0 Å². The molecule has 0 radical (unpaired) electrons. The minimum Gasteiger partial charge on any atom is -0.497 e. The number of amides is 1. The van der Waals surface area contributed by atoms with E-state index in [-0.39, 0.29) is 11.9 Å². The molecule has 0 aliphatic carbocycles. The fourth-order valence-corrected chi connectivity index (χ4v) is 3.57. The predicted octanol–water partition coefficient (Wildman–Crippen LogP) is 4.12. The molecule has 0 spiro atoms. The number of methoxy groups -OCH3 is 1. The van der Waals surface area contributed by atoms with Gasteiger partial charge < -0.3 is 18.9 Å². The molecular weight excluding hydrogens is 370 g/mol. The molecule has 1 aliphatic rings. The molecule has 1 atom stereocenters. The highest BCUT2D eigenvalue weighted by molar-refractivity contribution is 5.97. The lowest BCUT2D eigenvalue weighted by atomic mass is 10.1. The van der Waals surface area contributed by atoms with Crippen LogP contribution in [0, 0.1) is 0 Å². The van der Waals surface area contributed by atoms with Crippen molar-refractivity contribution in [2.45, 2.75) is 25.8 Å². The van der Waals surface area contributed by atoms with Gasteiger partial charge >= 0.3 is 0 Å². The third-order valence-corrected chi connectivity index (χ3v) is 5.01. The Bertz CT molecular complexity index is 984. The molecule has 7 nitrogen and oxygen atoms in total. The fraction of sp³-hybridized carbons (Fsp3) is 0.318. The summed E-state index contributed by atoms with van der Waals surface area (Å²) >= 11 is 0. The molecule has 4 rings (SSSR count). The minimum absolute atomic E-state index is 0.0826. The summed E-state index contributed by atoms with van der Waals surface area (Å²) in [7, 11) is 1.62. The second-order valence-corrected chi connectivity index (χ2v) is 6.77. The molecule has 1 fully saturated rings. The van der Waals surface area contributed by atoms with E-state index in [0.29, 0.717) is 36.2 Å². The minimum atomic E-state index is -0.239. The number of ether oxygens (including phenoxy) is 2. The summed E-state index contributed by atoms with van der Waals surface area (Å²) in [5.41, 5.74) is 1.38. The van der Waals surface area contributed by atoms with Gasteiger partial charge in [0.05, 0.1) is 19.3 Å². The molecule has 150 valence electrons. The zero-order chi connectivity index (χ0) is 20.2. The van der Waals surface area contributed by atoms with Crippen LogP contribution in [0.5, 0.6) is 11.5 Å². The molecule has 1 amide bonds. The largest absolute Gasteiger partial charge is 0.497 e. The van der Waals surface area contributed by atoms with Crippen LogP contribution in [-0.4, -0.2) is 41.2 Å². The average Bonchev–Trinajstić information content (AvgIpc) is 3.43. The van der Waals surface area contributed by atoms with E-state index in [0.717, 1.165) is 24.2 Å². The molecule has 3 aromatic rings. The fourth-order valence-electron chi connectivity index (χ4n) is 3.57. The van der Waals surface area contributed by atoms with Gasteiger partial charge in [-0.3, -0.25) is 4.79 Å². The molecule has 29 heavy (non-hydrogen) atoms. The maximum atomic E-state index is 13.2. The van der Waals surface area contributed by atoms with Gasteiger partial charge in [-0.2, -0.15) is 4.98 Å². The normalized spacial score (nSPS) is 16.1. The molecule has 1 saturated heterocycles. The van der Waals surface area contributed by atoms with Crippen molar-refractivity contribution in [2.75, 3.05) is 20.3 Å². The monoisotopic (exact) mass is 393 g/mol. The van der Waals surface area contributed by atoms with Crippen LogP contribution in [0.15, 0.2) is 53.1 Å². The van der Waals surface area contributed by atoms with Crippen LogP contribution in [0.25, 0.3) is 11.4 Å². The molecular formula is C22H23N3O4. The Hall–Kier alpha value is -3.35. The SMILES string of the molecule is CCOc1ccccc1C(=O)N1CCC[C@@H]1c1nc(-c2ccc(OC)cc2)no1. The predicted molar refractivity (Wildman–Crippen MR) is 107 cm³/mol. The summed E-state index contributed by atoms with van der Waals surface area (Å²) < 4.78 is 16.3. The number of carbonyl (C=O) groups excluding carboxylic acids is 1. The molecule has 0 N–H and O–H groups in total. The molecule has 2 heterocycles. The van der Waals surface area contributed by atoms with Crippen molar-refractivity contribution in [3.05, 3.63) is 60.0 Å². The van der Waals surface area contributed by atoms with Crippen LogP contribution in [-0.2, 0) is 0 Å². The average molecular weight is 393 g/mol. The Balaban J connectivity index is 1.57. The number of aromatic nitrogens is 2. The highest BCUT2D eigenvalue weighted by Crippen LogP contribution is 2.34. The first-order valence-corrected chi connectivity index (χ1v) is 9.72. The van der Waals surface area contributed by atoms with Gasteiger partial charge in [0.1, 0.15) is 17.5 Å². The van der Waals surface area contributed by atoms with Crippen LogP contribution >= 0.6 is 0 Å². The first-order chi connectivity index (χ1) is 14.2. The van der Waals surface area contributed by atoms with E-state index < -0.39 is 0 Å². The van der Waals surface area contributed by atoms with Gasteiger partial charge in [-0.15, -0.1) is 0 Å². The number of likely N-dealkylation sites (tertiary alicyclic amines) is 1. The van der Waals surface area contributed by atoms with E-state index in [1.165, 1.54) is 0 Å². The van der Waals surface area contributed by atoms with Gasteiger partial charge in [0, 0.05) is 12.1 Å². The van der Waals surface area contributed by atoms with E-state index >= 15 is 0 Å². The molecule has 2 aromatic carbocycles. The topological polar surface area (TPSA) is 77.7 Å². The summed E-state index contributed by atoms with van der Waals surface area (Å²) in [6.07, 6.45) is 1.67. The van der Waals surface area contributed by atoms with E-state index in [1.54, 1.807) is 18.1 Å². The van der Waals surface area contributed by atoms with Crippen molar-refractivity contribution in [2.24, 2.45) is 0 Å². The Labute approximate surface area is 169 Å². The number of hydrogen-bond acceptors (Lipinski definition) is 6. The van der Waals surface area contributed by atoms with Crippen LogP contribution < -0.4 is 9.47 Å². The molecule has 0 bridgehead atoms. The maximum absolute atomic E-state index is 13.2. The zero-order valence-corrected chi connectivity index (χ0v) is 16.5. The number of hydrogen-bond donors (Lipinski definition) is 0. The summed E-state index contributed by atoms with van der Waals surface area (Å²) in [6, 6.07) is 14.5. The molecule has 1 aromatic heterocycles. The van der Waals surface area contributed by atoms with E-state index in [9.17, 15) is 4.79 Å². The standard InChI is InChI=1S/C22H23N3O4/c1-3-28-19-9-5-4-7-17(19)22(26)25-14-6-8-18(25)21-23-20(24-29-21)15-10-12-16(27-2)13-11-15/h4-5,7,9-13,18H,3,6,8,14H2,1-2H3/t18-/m1/s1. The van der Waals surface area contributed by atoms with E-state index in [4.69, 9.17) is 14.0 Å². The number of nitrogens with zero attached hydrogens (tertiary/aromatic N) is 3. The lowest BCUT2D eigenvalue weighted by Gasteiger charge is -2.23. The second-order valence-electron chi connectivity index (χ2n) is 6.77. The number of para-hydroxylation sites is 1. The second kappa shape index (κ2) is 8.34. The van der Waals surface area contributed by atoms with Crippen LogP contribution in [0.4, 0.5) is 0 Å². The first-order valence-electron chi connectivity index (χ1n) is 9.72. The smallest absolute Gasteiger partial charge is 0.258 e. The number of rotatable bonds is 6. The highest BCUT2D eigenvalue weighted by Gasteiger charge is 2.35. The molecule has 0 unspecified atom stereocenters. The van der Waals surface area contributed by atoms with Crippen molar-refractivity contribution >= 4 is 5.91 Å². The maximum Gasteiger partial charge on any atom is 0.258 e. The Morgan fingerprint density at radius 3 is 2.76 bits per heavy atom. The van der Waals surface area contributed by atoms with Crippen LogP contribution in [0.2, 0.25) is 0 Å². The van der Waals surface area contributed by atoms with Crippen molar-refractivity contribution in [3.63, 3.8) is 0 Å². The van der Waals surface area contributed by atoms with Gasteiger partial charge in [0.15, 0.2) is 0 Å². The van der Waals surface area contributed by atoms with E-state index in [1.807, 2.05) is 49.4 Å². The van der Waals surface area contributed by atoms with Crippen molar-refractivity contribution in [1.82, 2.24) is 15.0 Å². The van der Waals surface area contributed by atoms with Gasteiger partial charge in [-0.1, -0.05) is 17.3 Å². The van der Waals surface area contributed by atoms with Crippen molar-refractivity contribution in [1.29, 1.82) is 0 Å². The summed E-state index contributed by atoms with van der Waals surface area (Å²) in [4.78, 5) is 19.6. The van der Waals surface area contributed by atoms with Gasteiger partial charge in [-0.25, -0.2) is 0 Å². The first kappa shape index (κ1) is 19.0. The van der Waals surface area contributed by atoms with Crippen molar-refractivity contribution < 1.29 is 18.8 Å². The summed E-state index contributed by atoms with van der Waals surface area (Å²) in [6.45, 7) is 3.05. The van der Waals surface area contributed by atoms with Crippen LogP contribution in [0.1, 0.15) is 42.1 Å². The summed E-state index contributed by atoms with van der Waals surface area (Å²) in [5.74, 6) is 2.22. The van der Waals surface area contributed by atoms with Gasteiger partial charge in [0.25, 0.3) is 5.91 Å². The highest BCUT2D eigenvalue weighted by atomic mass is 16.5. The molecule has 0 saturated carbocycles. The Kier molecular flexibility index (Phi) is 5.46. The van der Waals surface area contributed by atoms with E-state index in [2.05, 4.69) is 10.1 Å².